The molecule has 2 aromatic rings. The number of rotatable bonds is 4. The van der Waals surface area contributed by atoms with Crippen molar-refractivity contribution >= 4 is 23.1 Å². The molecule has 4 aliphatic rings. The first-order valence-electron chi connectivity index (χ1n) is 12.8. The van der Waals surface area contributed by atoms with Gasteiger partial charge in [-0.3, -0.25) is 9.69 Å². The molecule has 36 heavy (non-hydrogen) atoms. The summed E-state index contributed by atoms with van der Waals surface area (Å²) in [4.78, 5) is 22.8. The minimum Gasteiger partial charge on any atom is -0.487 e. The number of nitrogens with one attached hydrogen (secondary N) is 1. The molecule has 0 spiro atoms. The highest BCUT2D eigenvalue weighted by molar-refractivity contribution is 5.87. The van der Waals surface area contributed by atoms with E-state index >= 15 is 0 Å². The lowest BCUT2D eigenvalue weighted by molar-refractivity contribution is -0.134. The van der Waals surface area contributed by atoms with E-state index in [1.165, 1.54) is 6.08 Å². The molecular formula is C27H33N5O4. The molecule has 2 N–H and O–H groups in total. The molecule has 1 aromatic heterocycles. The highest BCUT2D eigenvalue weighted by Gasteiger charge is 2.38. The van der Waals surface area contributed by atoms with E-state index < -0.39 is 6.10 Å². The Morgan fingerprint density at radius 3 is 2.78 bits per heavy atom. The van der Waals surface area contributed by atoms with Crippen LogP contribution in [0.15, 0.2) is 43.1 Å². The van der Waals surface area contributed by atoms with Crippen LogP contribution < -0.4 is 15.0 Å². The molecule has 3 fully saturated rings. The van der Waals surface area contributed by atoms with Gasteiger partial charge in [-0.2, -0.15) is 0 Å². The van der Waals surface area contributed by atoms with Crippen LogP contribution >= 0.6 is 0 Å². The first kappa shape index (κ1) is 23.3. The maximum atomic E-state index is 11.8. The molecule has 3 saturated heterocycles. The molecule has 1 aromatic carbocycles. The van der Waals surface area contributed by atoms with Crippen LogP contribution in [0.1, 0.15) is 23.5 Å². The minimum atomic E-state index is -0.467. The number of carbonyl (C=O) groups excluding carboxylic acids is 1. The molecule has 0 bridgehead atoms. The fourth-order valence-corrected chi connectivity index (χ4v) is 5.78. The van der Waals surface area contributed by atoms with Crippen LogP contribution in [-0.2, 0) is 16.1 Å². The number of pyridine rings is 1. The second-order valence-corrected chi connectivity index (χ2v) is 9.98. The average molecular weight is 492 g/mol. The van der Waals surface area contributed by atoms with Crippen LogP contribution in [0, 0.1) is 0 Å². The number of benzene rings is 1. The topological polar surface area (TPSA) is 90.4 Å². The summed E-state index contributed by atoms with van der Waals surface area (Å²) in [5.41, 5.74) is 4.16. The number of aromatic nitrogens is 1. The summed E-state index contributed by atoms with van der Waals surface area (Å²) in [5.74, 6) is 1.64. The number of carbonyl (C=O) groups is 1. The quantitative estimate of drug-likeness (QED) is 0.629. The second kappa shape index (κ2) is 9.72. The molecule has 0 aliphatic carbocycles. The van der Waals surface area contributed by atoms with Crippen LogP contribution in [-0.4, -0.2) is 90.4 Å². The highest BCUT2D eigenvalue weighted by atomic mass is 16.5. The minimum absolute atomic E-state index is 0.0190. The Kier molecular flexibility index (Phi) is 6.29. The van der Waals surface area contributed by atoms with Gasteiger partial charge in [-0.1, -0.05) is 12.6 Å². The first-order valence-corrected chi connectivity index (χ1v) is 12.8. The van der Waals surface area contributed by atoms with Crippen molar-refractivity contribution in [3.8, 4) is 5.75 Å². The number of amides is 1. The maximum absolute atomic E-state index is 11.8. The average Bonchev–Trinajstić information content (AvgIpc) is 3.07. The largest absolute Gasteiger partial charge is 0.487 e. The Bertz CT molecular complexity index is 1140. The zero-order valence-electron chi connectivity index (χ0n) is 20.4. The van der Waals surface area contributed by atoms with Gasteiger partial charge in [0, 0.05) is 56.6 Å². The van der Waals surface area contributed by atoms with E-state index in [1.54, 1.807) is 4.90 Å². The van der Waals surface area contributed by atoms with E-state index in [1.807, 2.05) is 12.3 Å². The van der Waals surface area contributed by atoms with E-state index in [0.29, 0.717) is 32.3 Å². The number of aliphatic hydroxyl groups excluding tert-OH is 1. The fraction of sp³-hybridized carbons (Fsp3) is 0.481. The van der Waals surface area contributed by atoms with Gasteiger partial charge in [-0.15, -0.1) is 0 Å². The predicted octanol–water partition coefficient (Wildman–Crippen LogP) is 2.10. The van der Waals surface area contributed by atoms with Crippen molar-refractivity contribution in [2.45, 2.75) is 31.1 Å². The molecule has 9 heteroatoms. The molecule has 0 radical (unpaired) electrons. The van der Waals surface area contributed by atoms with E-state index in [-0.39, 0.29) is 11.8 Å². The number of nitrogens with zero attached hydrogens (tertiary/aromatic N) is 4. The molecule has 0 saturated carbocycles. The van der Waals surface area contributed by atoms with Crippen molar-refractivity contribution in [1.29, 1.82) is 0 Å². The number of hydrogen-bond donors (Lipinski definition) is 2. The number of ether oxygens (including phenoxy) is 2. The van der Waals surface area contributed by atoms with Crippen LogP contribution in [0.25, 0.3) is 0 Å². The van der Waals surface area contributed by atoms with Gasteiger partial charge in [-0.05, 0) is 42.8 Å². The van der Waals surface area contributed by atoms with Crippen LogP contribution in [0.2, 0.25) is 0 Å². The number of anilines is 3. The van der Waals surface area contributed by atoms with E-state index in [2.05, 4.69) is 44.9 Å². The summed E-state index contributed by atoms with van der Waals surface area (Å²) in [6.07, 6.45) is 3.61. The van der Waals surface area contributed by atoms with Crippen molar-refractivity contribution < 1.29 is 19.4 Å². The Hall–Kier alpha value is -3.14. The molecule has 1 unspecified atom stereocenters. The Labute approximate surface area is 211 Å². The summed E-state index contributed by atoms with van der Waals surface area (Å²) in [6.45, 7) is 10.1. The lowest BCUT2D eigenvalue weighted by Crippen LogP contribution is -2.63. The lowest BCUT2D eigenvalue weighted by atomic mass is 9.85. The first-order chi connectivity index (χ1) is 17.6. The number of fused-ring (bicyclic) bond motifs is 2. The number of morpholine rings is 1. The van der Waals surface area contributed by atoms with Crippen LogP contribution in [0.3, 0.4) is 0 Å². The van der Waals surface area contributed by atoms with Crippen molar-refractivity contribution in [1.82, 2.24) is 14.8 Å². The van der Waals surface area contributed by atoms with Gasteiger partial charge in [0.25, 0.3) is 0 Å². The van der Waals surface area contributed by atoms with Gasteiger partial charge >= 0.3 is 0 Å². The summed E-state index contributed by atoms with van der Waals surface area (Å²) >= 11 is 0. The number of hydrogen-bond acceptors (Lipinski definition) is 8. The zero-order valence-corrected chi connectivity index (χ0v) is 20.4. The van der Waals surface area contributed by atoms with Gasteiger partial charge in [0.1, 0.15) is 18.2 Å². The molecular weight excluding hydrogens is 458 g/mol. The number of likely N-dealkylation sites (tertiary alicyclic amines) is 2. The molecule has 190 valence electrons. The predicted molar refractivity (Wildman–Crippen MR) is 137 cm³/mol. The second-order valence-electron chi connectivity index (χ2n) is 9.98. The lowest BCUT2D eigenvalue weighted by Gasteiger charge is -2.48. The van der Waals surface area contributed by atoms with Crippen molar-refractivity contribution in [3.63, 3.8) is 0 Å². The Balaban J connectivity index is 1.16. The summed E-state index contributed by atoms with van der Waals surface area (Å²) < 4.78 is 11.7. The standard InChI is InChI=1S/C27H33N5O4/c1-2-26(34)32-14-19(15-32)31-8-6-20(24(33)16-31)18-3-4-25-22(13-18)29-27-21(17-36-25)23(5-7-28-27)30-9-11-35-12-10-30/h2-5,7,13,19-20,24,33H,1,6,8-12,14-17H2,(H,28,29)/t20-,24?/m0/s1. The molecule has 5 heterocycles. The monoisotopic (exact) mass is 491 g/mol. The Morgan fingerprint density at radius 1 is 1.17 bits per heavy atom. The summed E-state index contributed by atoms with van der Waals surface area (Å²) in [7, 11) is 0. The number of β-amino-alcohol motifs (C(OH)–C–C–N with tert-alkyl or cyclic N) is 1. The van der Waals surface area contributed by atoms with E-state index in [9.17, 15) is 9.90 Å². The van der Waals surface area contributed by atoms with Crippen molar-refractivity contribution in [2.75, 3.05) is 62.7 Å². The SMILES string of the molecule is C=CC(=O)N1CC(N2CC[C@@H](c3ccc4c(c3)Nc3nccc(N5CCOCC5)c3CO4)C(O)C2)C1. The molecule has 4 aliphatic heterocycles. The smallest absolute Gasteiger partial charge is 0.246 e. The third-order valence-electron chi connectivity index (χ3n) is 7.92. The van der Waals surface area contributed by atoms with Gasteiger partial charge in [0.15, 0.2) is 0 Å². The van der Waals surface area contributed by atoms with Gasteiger partial charge in [-0.25, -0.2) is 4.98 Å². The highest BCUT2D eigenvalue weighted by Crippen LogP contribution is 2.40. The normalized spacial score (nSPS) is 24.5. The van der Waals surface area contributed by atoms with E-state index in [4.69, 9.17) is 9.47 Å². The number of piperidine rings is 1. The molecule has 2 atom stereocenters. The van der Waals surface area contributed by atoms with Crippen LogP contribution in [0.5, 0.6) is 5.75 Å². The molecule has 9 nitrogen and oxygen atoms in total. The maximum Gasteiger partial charge on any atom is 0.246 e. The Morgan fingerprint density at radius 2 is 2.00 bits per heavy atom. The number of aliphatic hydroxyl groups is 1. The van der Waals surface area contributed by atoms with Crippen molar-refractivity contribution in [2.24, 2.45) is 0 Å². The van der Waals surface area contributed by atoms with Gasteiger partial charge in [0.05, 0.1) is 30.6 Å². The fourth-order valence-electron chi connectivity index (χ4n) is 5.78. The van der Waals surface area contributed by atoms with Crippen molar-refractivity contribution in [3.05, 3.63) is 54.2 Å². The summed E-state index contributed by atoms with van der Waals surface area (Å²) in [6, 6.07) is 8.54. The van der Waals surface area contributed by atoms with Gasteiger partial charge in [0.2, 0.25) is 5.91 Å². The van der Waals surface area contributed by atoms with Gasteiger partial charge < -0.3 is 29.7 Å². The zero-order chi connectivity index (χ0) is 24.6. The summed E-state index contributed by atoms with van der Waals surface area (Å²) in [5, 5.41) is 14.6. The molecule has 1 amide bonds. The third kappa shape index (κ3) is 4.31. The third-order valence-corrected chi connectivity index (χ3v) is 7.92. The van der Waals surface area contributed by atoms with E-state index in [0.717, 1.165) is 73.3 Å². The van der Waals surface area contributed by atoms with Crippen LogP contribution in [0.4, 0.5) is 17.2 Å². The molecule has 6 rings (SSSR count).